The van der Waals surface area contributed by atoms with Crippen molar-refractivity contribution in [2.24, 2.45) is 52.3 Å². The van der Waals surface area contributed by atoms with Crippen LogP contribution in [0.1, 0.15) is 98.3 Å². The van der Waals surface area contributed by atoms with Gasteiger partial charge >= 0.3 is 12.1 Å². The Bertz CT molecular complexity index is 835. The van der Waals surface area contributed by atoms with Crippen molar-refractivity contribution in [2.75, 3.05) is 20.3 Å². The highest BCUT2D eigenvalue weighted by Gasteiger charge is 2.64. The molecule has 0 saturated heterocycles. The van der Waals surface area contributed by atoms with Gasteiger partial charge in [0.25, 0.3) is 0 Å². The number of methoxy groups -OCH3 is 1. The van der Waals surface area contributed by atoms with E-state index in [1.165, 1.54) is 32.8 Å². The average molecular weight is 536 g/mol. The Labute approximate surface area is 229 Å². The SMILES string of the molecule is CC[C@H]1[C@@H](O)[C@@H]2[C@H](CC[C@]3(C)[C@@H]([C@H](C)CCOC(=O)NCCCC(=O)OC)CC[C@@H]23)[C@@]2(C)CC[C@@H](O)C[C@@H]12. The van der Waals surface area contributed by atoms with E-state index in [-0.39, 0.29) is 41.3 Å². The summed E-state index contributed by atoms with van der Waals surface area (Å²) in [5, 5.41) is 25.1. The first-order valence-corrected chi connectivity index (χ1v) is 15.4. The van der Waals surface area contributed by atoms with Gasteiger partial charge in [0.05, 0.1) is 25.9 Å². The van der Waals surface area contributed by atoms with Gasteiger partial charge in [0.15, 0.2) is 0 Å². The minimum atomic E-state index is -0.422. The first kappa shape index (κ1) is 29.6. The predicted molar refractivity (Wildman–Crippen MR) is 146 cm³/mol. The molecular formula is C31H53NO6. The third-order valence-corrected chi connectivity index (χ3v) is 12.0. The van der Waals surface area contributed by atoms with Crippen LogP contribution in [0.4, 0.5) is 4.79 Å². The lowest BCUT2D eigenvalue weighted by Crippen LogP contribution is -2.62. The zero-order valence-electron chi connectivity index (χ0n) is 24.4. The number of aliphatic hydroxyl groups excluding tert-OH is 2. The zero-order chi connectivity index (χ0) is 27.7. The van der Waals surface area contributed by atoms with Crippen LogP contribution in [0.3, 0.4) is 0 Å². The van der Waals surface area contributed by atoms with Gasteiger partial charge in [-0.2, -0.15) is 0 Å². The minimum Gasteiger partial charge on any atom is -0.469 e. The van der Waals surface area contributed by atoms with E-state index < -0.39 is 6.09 Å². The summed E-state index contributed by atoms with van der Waals surface area (Å²) in [5.41, 5.74) is 0.445. The normalized spacial score (nSPS) is 42.8. The topological polar surface area (TPSA) is 105 Å². The molecule has 0 aromatic carbocycles. The second-order valence-electron chi connectivity index (χ2n) is 13.6. The third kappa shape index (κ3) is 5.48. The van der Waals surface area contributed by atoms with E-state index in [2.05, 4.69) is 37.7 Å². The molecule has 7 heteroatoms. The molecule has 4 aliphatic rings. The Morgan fingerprint density at radius 2 is 1.74 bits per heavy atom. The molecular weight excluding hydrogens is 482 g/mol. The largest absolute Gasteiger partial charge is 0.469 e. The van der Waals surface area contributed by atoms with Crippen LogP contribution in [0.15, 0.2) is 0 Å². The number of amides is 1. The van der Waals surface area contributed by atoms with Gasteiger partial charge in [0.2, 0.25) is 0 Å². The summed E-state index contributed by atoms with van der Waals surface area (Å²) in [6.07, 6.45) is 9.38. The summed E-state index contributed by atoms with van der Waals surface area (Å²) in [6.45, 7) is 10.3. The lowest BCUT2D eigenvalue weighted by atomic mass is 9.41. The molecule has 4 fully saturated rings. The third-order valence-electron chi connectivity index (χ3n) is 12.0. The molecule has 0 aromatic rings. The van der Waals surface area contributed by atoms with E-state index in [1.807, 2.05) is 0 Å². The molecule has 0 spiro atoms. The Balaban J connectivity index is 1.35. The maximum Gasteiger partial charge on any atom is 0.407 e. The van der Waals surface area contributed by atoms with Gasteiger partial charge in [-0.25, -0.2) is 4.79 Å². The zero-order valence-corrected chi connectivity index (χ0v) is 24.4. The molecule has 38 heavy (non-hydrogen) atoms. The highest BCUT2D eigenvalue weighted by atomic mass is 16.5. The first-order chi connectivity index (χ1) is 18.1. The van der Waals surface area contributed by atoms with Crippen LogP contribution < -0.4 is 5.32 Å². The van der Waals surface area contributed by atoms with E-state index in [1.54, 1.807) is 0 Å². The molecule has 1 amide bonds. The highest BCUT2D eigenvalue weighted by Crippen LogP contribution is 2.69. The van der Waals surface area contributed by atoms with E-state index >= 15 is 0 Å². The summed E-state index contributed by atoms with van der Waals surface area (Å²) in [6, 6.07) is 0. The molecule has 0 radical (unpaired) electrons. The molecule has 218 valence electrons. The summed E-state index contributed by atoms with van der Waals surface area (Å²) >= 11 is 0. The van der Waals surface area contributed by atoms with Crippen LogP contribution in [-0.4, -0.2) is 54.7 Å². The van der Waals surface area contributed by atoms with Crippen LogP contribution >= 0.6 is 0 Å². The van der Waals surface area contributed by atoms with Gasteiger partial charge in [-0.1, -0.05) is 34.1 Å². The standard InChI is InChI=1S/C31H53NO6/c1-6-21-25-18-20(33)11-14-31(25,4)24-12-15-30(3)22(9-10-23(30)27(24)28(21)35)19(2)13-17-38-29(36)32-16-7-8-26(34)37-5/h19-25,27-28,33,35H,6-18H2,1-5H3,(H,32,36)/t19-,20-,21-,22-,23+,24+,25+,27+,28-,30-,31-/m1/s1. The number of aliphatic hydroxyl groups is 2. The number of carbonyl (C=O) groups excluding carboxylic acids is 2. The summed E-state index contributed by atoms with van der Waals surface area (Å²) < 4.78 is 10.1. The van der Waals surface area contributed by atoms with Gasteiger partial charge in [-0.05, 0) is 110 Å². The van der Waals surface area contributed by atoms with Crippen LogP contribution in [0.5, 0.6) is 0 Å². The van der Waals surface area contributed by atoms with Gasteiger partial charge in [0, 0.05) is 13.0 Å². The van der Waals surface area contributed by atoms with E-state index in [9.17, 15) is 19.8 Å². The Morgan fingerprint density at radius 1 is 1.03 bits per heavy atom. The lowest BCUT2D eigenvalue weighted by molar-refractivity contribution is -0.203. The highest BCUT2D eigenvalue weighted by molar-refractivity contribution is 5.69. The van der Waals surface area contributed by atoms with Crippen molar-refractivity contribution in [3.63, 3.8) is 0 Å². The maximum atomic E-state index is 12.1. The summed E-state index contributed by atoms with van der Waals surface area (Å²) in [5.74, 6) is 2.92. The molecule has 4 aliphatic carbocycles. The monoisotopic (exact) mass is 535 g/mol. The number of alkyl carbamates (subject to hydrolysis) is 1. The number of fused-ring (bicyclic) bond motifs is 5. The fourth-order valence-corrected chi connectivity index (χ4v) is 10.0. The molecule has 0 bridgehead atoms. The smallest absolute Gasteiger partial charge is 0.407 e. The Kier molecular flexibility index (Phi) is 9.39. The molecule has 4 saturated carbocycles. The van der Waals surface area contributed by atoms with Crippen molar-refractivity contribution in [1.82, 2.24) is 5.32 Å². The fraction of sp³-hybridized carbons (Fsp3) is 0.935. The quantitative estimate of drug-likeness (QED) is 0.273. The average Bonchev–Trinajstić information content (AvgIpc) is 3.25. The summed E-state index contributed by atoms with van der Waals surface area (Å²) in [4.78, 5) is 23.3. The van der Waals surface area contributed by atoms with Crippen LogP contribution in [0, 0.1) is 52.3 Å². The van der Waals surface area contributed by atoms with Crippen molar-refractivity contribution in [1.29, 1.82) is 0 Å². The van der Waals surface area contributed by atoms with Crippen molar-refractivity contribution in [3.05, 3.63) is 0 Å². The number of rotatable bonds is 9. The number of hydrogen-bond donors (Lipinski definition) is 3. The van der Waals surface area contributed by atoms with Crippen molar-refractivity contribution in [3.8, 4) is 0 Å². The Hall–Kier alpha value is -1.34. The molecule has 0 heterocycles. The molecule has 11 atom stereocenters. The first-order valence-electron chi connectivity index (χ1n) is 15.4. The fourth-order valence-electron chi connectivity index (χ4n) is 10.0. The predicted octanol–water partition coefficient (Wildman–Crippen LogP) is 5.32. The van der Waals surface area contributed by atoms with Gasteiger partial charge in [-0.3, -0.25) is 4.79 Å². The molecule has 0 unspecified atom stereocenters. The van der Waals surface area contributed by atoms with E-state index in [0.717, 1.165) is 32.1 Å². The lowest BCUT2D eigenvalue weighted by Gasteiger charge is -2.64. The number of hydrogen-bond acceptors (Lipinski definition) is 6. The maximum absolute atomic E-state index is 12.1. The van der Waals surface area contributed by atoms with Crippen LogP contribution in [-0.2, 0) is 14.3 Å². The van der Waals surface area contributed by atoms with Crippen molar-refractivity contribution < 1.29 is 29.3 Å². The number of esters is 1. The second-order valence-corrected chi connectivity index (χ2v) is 13.6. The van der Waals surface area contributed by atoms with E-state index in [4.69, 9.17) is 4.74 Å². The van der Waals surface area contributed by atoms with Gasteiger partial charge in [0.1, 0.15) is 0 Å². The van der Waals surface area contributed by atoms with Gasteiger partial charge in [-0.15, -0.1) is 0 Å². The second kappa shape index (κ2) is 12.0. The molecule has 3 N–H and O–H groups in total. The Morgan fingerprint density at radius 3 is 2.45 bits per heavy atom. The molecule has 0 aromatic heterocycles. The van der Waals surface area contributed by atoms with Crippen molar-refractivity contribution in [2.45, 2.75) is 111 Å². The van der Waals surface area contributed by atoms with Crippen LogP contribution in [0.25, 0.3) is 0 Å². The number of nitrogens with one attached hydrogen (secondary N) is 1. The molecule has 4 rings (SSSR count). The van der Waals surface area contributed by atoms with Gasteiger partial charge < -0.3 is 25.0 Å². The molecule has 7 nitrogen and oxygen atoms in total. The van der Waals surface area contributed by atoms with Crippen molar-refractivity contribution >= 4 is 12.1 Å². The number of carbonyl (C=O) groups is 2. The minimum absolute atomic E-state index is 0.208. The number of ether oxygens (including phenoxy) is 2. The van der Waals surface area contributed by atoms with E-state index in [0.29, 0.717) is 55.1 Å². The van der Waals surface area contributed by atoms with Crippen LogP contribution in [0.2, 0.25) is 0 Å². The molecule has 0 aliphatic heterocycles. The summed E-state index contributed by atoms with van der Waals surface area (Å²) in [7, 11) is 1.36.